The predicted octanol–water partition coefficient (Wildman–Crippen LogP) is 3.58. The van der Waals surface area contributed by atoms with Crippen LogP contribution in [-0.4, -0.2) is 69.3 Å². The van der Waals surface area contributed by atoms with Crippen LogP contribution in [0.4, 0.5) is 0 Å². The van der Waals surface area contributed by atoms with Crippen molar-refractivity contribution in [3.05, 3.63) is 58.2 Å². The van der Waals surface area contributed by atoms with E-state index in [1.54, 1.807) is 0 Å². The summed E-state index contributed by atoms with van der Waals surface area (Å²) >= 11 is 0. The minimum atomic E-state index is -0.0303. The third kappa shape index (κ3) is 5.06. The number of carbonyl (C=O) groups is 2. The fourth-order valence-corrected chi connectivity index (χ4v) is 4.45. The zero-order valence-electron chi connectivity index (χ0n) is 19.8. The minimum Gasteiger partial charge on any atom is -0.354 e. The Morgan fingerprint density at radius 3 is 2.39 bits per heavy atom. The van der Waals surface area contributed by atoms with E-state index in [1.165, 1.54) is 12.5 Å². The summed E-state index contributed by atoms with van der Waals surface area (Å²) in [7, 11) is 0. The van der Waals surface area contributed by atoms with Crippen molar-refractivity contribution < 1.29 is 14.1 Å². The quantitative estimate of drug-likeness (QED) is 0.554. The van der Waals surface area contributed by atoms with Crippen molar-refractivity contribution >= 4 is 11.7 Å². The number of Topliss-reactive ketones (excluding diaryl/α,β-unsaturated/α-hetero) is 1. The van der Waals surface area contributed by atoms with Gasteiger partial charge in [0.1, 0.15) is 5.69 Å². The van der Waals surface area contributed by atoms with Gasteiger partial charge in [-0.1, -0.05) is 35.0 Å². The number of ketones is 1. The van der Waals surface area contributed by atoms with E-state index in [-0.39, 0.29) is 11.7 Å². The Morgan fingerprint density at radius 2 is 1.76 bits per heavy atom. The molecule has 1 saturated heterocycles. The topological polar surface area (TPSA) is 95.3 Å². The molecule has 0 spiro atoms. The molecule has 1 aliphatic heterocycles. The van der Waals surface area contributed by atoms with Crippen LogP contribution in [0.25, 0.3) is 11.4 Å². The second-order valence-corrected chi connectivity index (χ2v) is 8.80. The standard InChI is InChI=1S/C25H31N5O3/c1-16-7-9-20(10-8-16)24-27-21(33-28-24)6-5-11-29-12-14-30(15-13-29)25(32)23-17(2)22(19(4)31)18(3)26-23/h7-10,26H,5-6,11-15H2,1-4H3. The monoisotopic (exact) mass is 449 g/mol. The smallest absolute Gasteiger partial charge is 0.270 e. The fraction of sp³-hybridized carbons (Fsp3) is 0.440. The van der Waals surface area contributed by atoms with Crippen LogP contribution in [0.3, 0.4) is 0 Å². The summed E-state index contributed by atoms with van der Waals surface area (Å²) in [5.41, 5.74) is 4.82. The van der Waals surface area contributed by atoms with E-state index in [4.69, 9.17) is 4.52 Å². The number of H-pyrrole nitrogens is 1. The Kier molecular flexibility index (Phi) is 6.74. The molecule has 0 radical (unpaired) electrons. The molecule has 8 heteroatoms. The molecule has 8 nitrogen and oxygen atoms in total. The lowest BCUT2D eigenvalue weighted by molar-refractivity contribution is 0.0629. The van der Waals surface area contributed by atoms with E-state index in [0.29, 0.717) is 36.1 Å². The molecule has 3 aromatic rings. The van der Waals surface area contributed by atoms with Crippen molar-refractivity contribution in [2.75, 3.05) is 32.7 Å². The van der Waals surface area contributed by atoms with Gasteiger partial charge in [-0.3, -0.25) is 14.5 Å². The number of nitrogens with zero attached hydrogens (tertiary/aromatic N) is 4. The summed E-state index contributed by atoms with van der Waals surface area (Å²) in [4.78, 5) is 36.7. The van der Waals surface area contributed by atoms with E-state index >= 15 is 0 Å². The Bertz CT molecular complexity index is 1140. The molecule has 0 bridgehead atoms. The van der Waals surface area contributed by atoms with Crippen LogP contribution in [-0.2, 0) is 6.42 Å². The average molecular weight is 450 g/mol. The summed E-state index contributed by atoms with van der Waals surface area (Å²) in [5.74, 6) is 1.23. The van der Waals surface area contributed by atoms with E-state index < -0.39 is 0 Å². The molecule has 0 saturated carbocycles. The maximum Gasteiger partial charge on any atom is 0.270 e. The highest BCUT2D eigenvalue weighted by Crippen LogP contribution is 2.21. The minimum absolute atomic E-state index is 0.0163. The summed E-state index contributed by atoms with van der Waals surface area (Å²) in [6.07, 6.45) is 1.65. The summed E-state index contributed by atoms with van der Waals surface area (Å²) in [6, 6.07) is 8.08. The van der Waals surface area contributed by atoms with Gasteiger partial charge in [0.05, 0.1) is 0 Å². The van der Waals surface area contributed by atoms with E-state index in [9.17, 15) is 9.59 Å². The summed E-state index contributed by atoms with van der Waals surface area (Å²) in [5, 5.41) is 4.10. The van der Waals surface area contributed by atoms with E-state index in [2.05, 4.69) is 20.0 Å². The SMILES string of the molecule is CC(=O)c1c(C)[nH]c(C(=O)N2CCN(CCCc3nc(-c4ccc(C)cc4)no3)CC2)c1C. The number of piperazine rings is 1. The van der Waals surface area contributed by atoms with Crippen molar-refractivity contribution in [3.63, 3.8) is 0 Å². The lowest BCUT2D eigenvalue weighted by Crippen LogP contribution is -2.49. The molecule has 0 atom stereocenters. The largest absolute Gasteiger partial charge is 0.354 e. The number of amides is 1. The van der Waals surface area contributed by atoms with Gasteiger partial charge in [0.15, 0.2) is 5.78 Å². The van der Waals surface area contributed by atoms with Crippen LogP contribution in [0.1, 0.15) is 56.9 Å². The second kappa shape index (κ2) is 9.70. The van der Waals surface area contributed by atoms with Crippen molar-refractivity contribution in [2.24, 2.45) is 0 Å². The highest BCUT2D eigenvalue weighted by atomic mass is 16.5. The molecule has 0 aliphatic carbocycles. The summed E-state index contributed by atoms with van der Waals surface area (Å²) in [6.45, 7) is 11.2. The zero-order valence-corrected chi connectivity index (χ0v) is 19.8. The molecule has 1 aromatic carbocycles. The molecular formula is C25H31N5O3. The van der Waals surface area contributed by atoms with Gasteiger partial charge in [0.2, 0.25) is 11.7 Å². The Hall–Kier alpha value is -3.26. The first-order chi connectivity index (χ1) is 15.8. The van der Waals surface area contributed by atoms with Crippen LogP contribution in [0.5, 0.6) is 0 Å². The molecule has 4 rings (SSSR count). The first kappa shape index (κ1) is 22.9. The number of nitrogens with one attached hydrogen (secondary N) is 1. The van der Waals surface area contributed by atoms with Gasteiger partial charge in [-0.25, -0.2) is 0 Å². The van der Waals surface area contributed by atoms with E-state index in [0.717, 1.165) is 49.3 Å². The average Bonchev–Trinajstić information content (AvgIpc) is 3.38. The van der Waals surface area contributed by atoms with Gasteiger partial charge in [-0.05, 0) is 46.2 Å². The number of hydrogen-bond acceptors (Lipinski definition) is 6. The van der Waals surface area contributed by atoms with Gasteiger partial charge >= 0.3 is 0 Å². The van der Waals surface area contributed by atoms with Gasteiger partial charge in [0, 0.05) is 49.4 Å². The Morgan fingerprint density at radius 1 is 1.06 bits per heavy atom. The number of aromatic nitrogens is 3. The molecule has 174 valence electrons. The first-order valence-corrected chi connectivity index (χ1v) is 11.4. The van der Waals surface area contributed by atoms with Gasteiger partial charge in [-0.2, -0.15) is 4.98 Å². The zero-order chi connectivity index (χ0) is 23.5. The number of aryl methyl sites for hydroxylation is 3. The van der Waals surface area contributed by atoms with Gasteiger partial charge in [-0.15, -0.1) is 0 Å². The van der Waals surface area contributed by atoms with Crippen LogP contribution in [0.15, 0.2) is 28.8 Å². The lowest BCUT2D eigenvalue weighted by atomic mass is 10.1. The third-order valence-corrected chi connectivity index (χ3v) is 6.31. The number of hydrogen-bond donors (Lipinski definition) is 1. The van der Waals surface area contributed by atoms with Crippen LogP contribution in [0, 0.1) is 20.8 Å². The highest BCUT2D eigenvalue weighted by molar-refractivity contribution is 6.02. The van der Waals surface area contributed by atoms with Gasteiger partial charge in [0.25, 0.3) is 5.91 Å². The predicted molar refractivity (Wildman–Crippen MR) is 125 cm³/mol. The fourth-order valence-electron chi connectivity index (χ4n) is 4.45. The summed E-state index contributed by atoms with van der Waals surface area (Å²) < 4.78 is 5.42. The number of rotatable bonds is 7. The maximum atomic E-state index is 13.0. The molecule has 33 heavy (non-hydrogen) atoms. The Balaban J connectivity index is 1.25. The van der Waals surface area contributed by atoms with Crippen molar-refractivity contribution in [1.29, 1.82) is 0 Å². The molecule has 3 heterocycles. The Labute approximate surface area is 194 Å². The number of aromatic amines is 1. The van der Waals surface area contributed by atoms with Crippen LogP contribution >= 0.6 is 0 Å². The van der Waals surface area contributed by atoms with Crippen LogP contribution in [0.2, 0.25) is 0 Å². The first-order valence-electron chi connectivity index (χ1n) is 11.4. The second-order valence-electron chi connectivity index (χ2n) is 8.80. The molecule has 1 fully saturated rings. The van der Waals surface area contributed by atoms with Crippen LogP contribution < -0.4 is 0 Å². The molecule has 1 aliphatic rings. The maximum absolute atomic E-state index is 13.0. The molecule has 1 amide bonds. The third-order valence-electron chi connectivity index (χ3n) is 6.31. The van der Waals surface area contributed by atoms with Crippen molar-refractivity contribution in [3.8, 4) is 11.4 Å². The lowest BCUT2D eigenvalue weighted by Gasteiger charge is -2.34. The number of carbonyl (C=O) groups excluding carboxylic acids is 2. The molecule has 2 aromatic heterocycles. The normalized spacial score (nSPS) is 14.6. The van der Waals surface area contributed by atoms with Crippen molar-refractivity contribution in [2.45, 2.75) is 40.5 Å². The molecule has 0 unspecified atom stereocenters. The molecule has 1 N–H and O–H groups in total. The number of benzene rings is 1. The van der Waals surface area contributed by atoms with E-state index in [1.807, 2.05) is 49.9 Å². The highest BCUT2D eigenvalue weighted by Gasteiger charge is 2.26. The van der Waals surface area contributed by atoms with Gasteiger partial charge < -0.3 is 14.4 Å². The van der Waals surface area contributed by atoms with Crippen molar-refractivity contribution in [1.82, 2.24) is 24.9 Å². The molecular weight excluding hydrogens is 418 g/mol.